The van der Waals surface area contributed by atoms with Crippen molar-refractivity contribution in [3.8, 4) is 5.75 Å². The molecule has 0 radical (unpaired) electrons. The Labute approximate surface area is 139 Å². The Morgan fingerprint density at radius 2 is 2.00 bits per heavy atom. The summed E-state index contributed by atoms with van der Waals surface area (Å²) in [6.45, 7) is 0.994. The maximum absolute atomic E-state index is 12.3. The van der Waals surface area contributed by atoms with Crippen molar-refractivity contribution in [2.24, 2.45) is 0 Å². The second-order valence-electron chi connectivity index (χ2n) is 5.80. The molecule has 1 aliphatic heterocycles. The Balaban J connectivity index is 1.59. The van der Waals surface area contributed by atoms with E-state index in [-0.39, 0.29) is 12.5 Å². The van der Waals surface area contributed by atoms with Gasteiger partial charge in [-0.25, -0.2) is 4.79 Å². The molecule has 1 N–H and O–H groups in total. The van der Waals surface area contributed by atoms with Gasteiger partial charge in [0, 0.05) is 13.1 Å². The predicted molar refractivity (Wildman–Crippen MR) is 86.2 cm³/mol. The van der Waals surface area contributed by atoms with Gasteiger partial charge in [-0.2, -0.15) is 0 Å². The lowest BCUT2D eigenvalue weighted by atomic mass is 9.89. The van der Waals surface area contributed by atoms with Gasteiger partial charge < -0.3 is 19.2 Å². The lowest BCUT2D eigenvalue weighted by molar-refractivity contribution is -0.139. The zero-order chi connectivity index (χ0) is 16.9. The smallest absolute Gasteiger partial charge is 0.341 e. The summed E-state index contributed by atoms with van der Waals surface area (Å²) in [5.41, 5.74) is 1.11. The van der Waals surface area contributed by atoms with E-state index in [9.17, 15) is 9.59 Å². The van der Waals surface area contributed by atoms with Crippen molar-refractivity contribution in [1.82, 2.24) is 4.90 Å². The fourth-order valence-corrected chi connectivity index (χ4v) is 2.98. The maximum atomic E-state index is 12.3. The van der Waals surface area contributed by atoms with Crippen LogP contribution < -0.4 is 4.74 Å². The number of nitrogens with zero attached hydrogens (tertiary/aromatic N) is 1. The van der Waals surface area contributed by atoms with Gasteiger partial charge in [0.25, 0.3) is 5.91 Å². The van der Waals surface area contributed by atoms with Gasteiger partial charge in [0.1, 0.15) is 5.75 Å². The summed E-state index contributed by atoms with van der Waals surface area (Å²) < 4.78 is 10.4. The quantitative estimate of drug-likeness (QED) is 0.912. The van der Waals surface area contributed by atoms with Crippen molar-refractivity contribution < 1.29 is 23.8 Å². The number of likely N-dealkylation sites (tertiary alicyclic amines) is 1. The number of benzene rings is 1. The lowest BCUT2D eigenvalue weighted by Crippen LogP contribution is -2.37. The third-order valence-electron chi connectivity index (χ3n) is 4.21. The van der Waals surface area contributed by atoms with E-state index >= 15 is 0 Å². The summed E-state index contributed by atoms with van der Waals surface area (Å²) in [4.78, 5) is 24.7. The minimum Gasteiger partial charge on any atom is -0.482 e. The first-order valence-electron chi connectivity index (χ1n) is 7.91. The molecule has 2 heterocycles. The second-order valence-corrected chi connectivity index (χ2v) is 5.80. The molecule has 3 rings (SSSR count). The average Bonchev–Trinajstić information content (AvgIpc) is 3.14. The van der Waals surface area contributed by atoms with Crippen LogP contribution in [-0.4, -0.2) is 41.6 Å². The number of piperidine rings is 1. The Morgan fingerprint density at radius 3 is 2.67 bits per heavy atom. The molecule has 2 aromatic rings. The Bertz CT molecular complexity index is 702. The Hall–Kier alpha value is -2.76. The number of hydrogen-bond donors (Lipinski definition) is 1. The molecule has 6 nitrogen and oxygen atoms in total. The number of furan rings is 1. The van der Waals surface area contributed by atoms with Crippen LogP contribution in [0.25, 0.3) is 0 Å². The monoisotopic (exact) mass is 329 g/mol. The van der Waals surface area contributed by atoms with Gasteiger partial charge in [-0.1, -0.05) is 12.1 Å². The zero-order valence-corrected chi connectivity index (χ0v) is 13.2. The van der Waals surface area contributed by atoms with Crippen LogP contribution in [0.15, 0.2) is 47.1 Å². The molecule has 1 aliphatic rings. The van der Waals surface area contributed by atoms with Gasteiger partial charge in [0.05, 0.1) is 6.26 Å². The molecule has 1 aromatic carbocycles. The molecule has 126 valence electrons. The fraction of sp³-hybridized carbons (Fsp3) is 0.333. The summed E-state index contributed by atoms with van der Waals surface area (Å²) in [6.07, 6.45) is 3.21. The van der Waals surface area contributed by atoms with E-state index < -0.39 is 5.97 Å². The number of carboxylic acids is 1. The molecule has 6 heteroatoms. The van der Waals surface area contributed by atoms with Crippen LogP contribution in [0.1, 0.15) is 34.9 Å². The van der Waals surface area contributed by atoms with Gasteiger partial charge in [0.2, 0.25) is 0 Å². The minimum absolute atomic E-state index is 0.0722. The number of hydrogen-bond acceptors (Lipinski definition) is 4. The second kappa shape index (κ2) is 7.21. The van der Waals surface area contributed by atoms with Gasteiger partial charge in [-0.3, -0.25) is 4.79 Å². The third-order valence-corrected chi connectivity index (χ3v) is 4.21. The Morgan fingerprint density at radius 1 is 1.21 bits per heavy atom. The van der Waals surface area contributed by atoms with E-state index in [1.54, 1.807) is 23.1 Å². The highest BCUT2D eigenvalue weighted by atomic mass is 16.5. The molecule has 1 amide bonds. The first kappa shape index (κ1) is 16.1. The largest absolute Gasteiger partial charge is 0.482 e. The highest BCUT2D eigenvalue weighted by Crippen LogP contribution is 2.30. The van der Waals surface area contributed by atoms with E-state index in [1.165, 1.54) is 6.26 Å². The van der Waals surface area contributed by atoms with Crippen molar-refractivity contribution in [2.45, 2.75) is 18.8 Å². The standard InChI is InChI=1S/C18H19NO5/c20-17(21)12-24-15-4-1-3-14(11-15)13-6-8-19(9-7-13)18(22)16-5-2-10-23-16/h1-5,10-11,13H,6-9,12H2,(H,20,21). The number of rotatable bonds is 5. The third kappa shape index (κ3) is 3.76. The number of aliphatic carboxylic acids is 1. The highest BCUT2D eigenvalue weighted by molar-refractivity contribution is 5.91. The SMILES string of the molecule is O=C(O)COc1cccc(C2CCN(C(=O)c3ccco3)CC2)c1. The van der Waals surface area contributed by atoms with E-state index in [0.717, 1.165) is 18.4 Å². The number of carbonyl (C=O) groups excluding carboxylic acids is 1. The molecular weight excluding hydrogens is 310 g/mol. The molecule has 1 aromatic heterocycles. The van der Waals surface area contributed by atoms with E-state index in [0.29, 0.717) is 30.5 Å². The summed E-state index contributed by atoms with van der Waals surface area (Å²) >= 11 is 0. The van der Waals surface area contributed by atoms with Gasteiger partial charge in [0.15, 0.2) is 12.4 Å². The van der Waals surface area contributed by atoms with E-state index in [1.807, 2.05) is 18.2 Å². The molecule has 0 bridgehead atoms. The zero-order valence-electron chi connectivity index (χ0n) is 13.2. The van der Waals surface area contributed by atoms with Crippen LogP contribution in [0, 0.1) is 0 Å². The van der Waals surface area contributed by atoms with Crippen molar-refractivity contribution in [3.63, 3.8) is 0 Å². The Kier molecular flexibility index (Phi) is 4.84. The van der Waals surface area contributed by atoms with Crippen LogP contribution in [-0.2, 0) is 4.79 Å². The number of carboxylic acid groups (broad SMARTS) is 1. The first-order valence-corrected chi connectivity index (χ1v) is 7.91. The molecule has 0 unspecified atom stereocenters. The molecular formula is C18H19NO5. The van der Waals surface area contributed by atoms with Crippen molar-refractivity contribution in [1.29, 1.82) is 0 Å². The highest BCUT2D eigenvalue weighted by Gasteiger charge is 2.25. The molecule has 0 aliphatic carbocycles. The fourth-order valence-electron chi connectivity index (χ4n) is 2.98. The van der Waals surface area contributed by atoms with Crippen molar-refractivity contribution in [2.75, 3.05) is 19.7 Å². The normalized spacial score (nSPS) is 15.2. The topological polar surface area (TPSA) is 80.0 Å². The van der Waals surface area contributed by atoms with Gasteiger partial charge >= 0.3 is 5.97 Å². The maximum Gasteiger partial charge on any atom is 0.341 e. The van der Waals surface area contributed by atoms with Crippen LogP contribution in [0.5, 0.6) is 5.75 Å². The minimum atomic E-state index is -0.995. The van der Waals surface area contributed by atoms with Crippen LogP contribution in [0.3, 0.4) is 0 Å². The lowest BCUT2D eigenvalue weighted by Gasteiger charge is -2.31. The van der Waals surface area contributed by atoms with Crippen LogP contribution in [0.4, 0.5) is 0 Å². The number of ether oxygens (including phenoxy) is 1. The summed E-state index contributed by atoms with van der Waals surface area (Å²) in [5.74, 6) is 0.197. The van der Waals surface area contributed by atoms with Crippen molar-refractivity contribution in [3.05, 3.63) is 54.0 Å². The molecule has 0 atom stereocenters. The van der Waals surface area contributed by atoms with Crippen LogP contribution in [0.2, 0.25) is 0 Å². The summed E-state index contributed by atoms with van der Waals surface area (Å²) in [7, 11) is 0. The average molecular weight is 329 g/mol. The van der Waals surface area contributed by atoms with E-state index in [4.69, 9.17) is 14.3 Å². The number of carbonyl (C=O) groups is 2. The molecule has 1 fully saturated rings. The molecule has 1 saturated heterocycles. The molecule has 0 saturated carbocycles. The summed E-state index contributed by atoms with van der Waals surface area (Å²) in [5, 5.41) is 8.68. The molecule has 0 spiro atoms. The van der Waals surface area contributed by atoms with E-state index in [2.05, 4.69) is 0 Å². The first-order chi connectivity index (χ1) is 11.6. The summed E-state index contributed by atoms with van der Waals surface area (Å²) in [6, 6.07) is 10.9. The van der Waals surface area contributed by atoms with Gasteiger partial charge in [-0.15, -0.1) is 0 Å². The van der Waals surface area contributed by atoms with Crippen LogP contribution >= 0.6 is 0 Å². The van der Waals surface area contributed by atoms with Gasteiger partial charge in [-0.05, 0) is 48.6 Å². The van der Waals surface area contributed by atoms with Crippen molar-refractivity contribution >= 4 is 11.9 Å². The predicted octanol–water partition coefficient (Wildman–Crippen LogP) is 2.76. The molecule has 24 heavy (non-hydrogen) atoms. The number of amides is 1.